The van der Waals surface area contributed by atoms with Crippen molar-refractivity contribution >= 4 is 17.5 Å². The Morgan fingerprint density at radius 2 is 2.11 bits per heavy atom. The van der Waals surface area contributed by atoms with Gasteiger partial charge in [0.25, 0.3) is 5.91 Å². The first-order chi connectivity index (χ1) is 9.11. The zero-order valence-electron chi connectivity index (χ0n) is 11.4. The third-order valence-electron chi connectivity index (χ3n) is 3.84. The lowest BCUT2D eigenvalue weighted by Crippen LogP contribution is -2.41. The molecule has 4 heteroatoms. The third kappa shape index (κ3) is 3.41. The number of amides is 1. The van der Waals surface area contributed by atoms with Gasteiger partial charge in [-0.2, -0.15) is 0 Å². The molecule has 104 valence electrons. The van der Waals surface area contributed by atoms with E-state index >= 15 is 0 Å². The molecule has 1 aromatic rings. The number of benzene rings is 1. The molecule has 0 spiro atoms. The van der Waals surface area contributed by atoms with Crippen LogP contribution in [-0.4, -0.2) is 19.1 Å². The Morgan fingerprint density at radius 1 is 1.37 bits per heavy atom. The molecule has 3 nitrogen and oxygen atoms in total. The molecule has 1 saturated carbocycles. The van der Waals surface area contributed by atoms with E-state index in [1.165, 1.54) is 19.3 Å². The molecule has 1 amide bonds. The van der Waals surface area contributed by atoms with Gasteiger partial charge in [0.2, 0.25) is 0 Å². The van der Waals surface area contributed by atoms with Gasteiger partial charge in [0.05, 0.1) is 12.1 Å². The molecule has 2 rings (SSSR count). The van der Waals surface area contributed by atoms with Crippen molar-refractivity contribution in [3.05, 3.63) is 28.8 Å². The van der Waals surface area contributed by atoms with Gasteiger partial charge in [-0.3, -0.25) is 4.79 Å². The Kier molecular flexibility index (Phi) is 4.70. The van der Waals surface area contributed by atoms with Crippen LogP contribution in [0.5, 0.6) is 5.75 Å². The highest BCUT2D eigenvalue weighted by molar-refractivity contribution is 6.32. The predicted octanol–water partition coefficient (Wildman–Crippen LogP) is 3.66. The Morgan fingerprint density at radius 3 is 2.74 bits per heavy atom. The molecule has 1 aromatic carbocycles. The van der Waals surface area contributed by atoms with E-state index in [0.717, 1.165) is 6.42 Å². The second kappa shape index (κ2) is 6.29. The van der Waals surface area contributed by atoms with Crippen LogP contribution in [0.15, 0.2) is 18.2 Å². The fourth-order valence-corrected chi connectivity index (χ4v) is 2.85. The van der Waals surface area contributed by atoms with Crippen molar-refractivity contribution in [3.63, 3.8) is 0 Å². The van der Waals surface area contributed by atoms with Crippen molar-refractivity contribution in [2.45, 2.75) is 38.6 Å². The Balaban J connectivity index is 2.05. The van der Waals surface area contributed by atoms with Gasteiger partial charge in [0.15, 0.2) is 0 Å². The van der Waals surface area contributed by atoms with Gasteiger partial charge in [-0.1, -0.05) is 31.4 Å². The van der Waals surface area contributed by atoms with Gasteiger partial charge in [-0.15, -0.1) is 0 Å². The number of ether oxygens (including phenoxy) is 1. The number of halogens is 1. The van der Waals surface area contributed by atoms with Crippen molar-refractivity contribution in [1.29, 1.82) is 0 Å². The smallest absolute Gasteiger partial charge is 0.251 e. The SMILES string of the molecule is COc1ccc(C(=O)NC2CCCCC2C)cc1Cl. The minimum Gasteiger partial charge on any atom is -0.495 e. The van der Waals surface area contributed by atoms with E-state index < -0.39 is 0 Å². The first-order valence-corrected chi connectivity index (χ1v) is 7.14. The quantitative estimate of drug-likeness (QED) is 0.918. The van der Waals surface area contributed by atoms with Crippen LogP contribution < -0.4 is 10.1 Å². The van der Waals surface area contributed by atoms with Crippen molar-refractivity contribution in [1.82, 2.24) is 5.32 Å². The third-order valence-corrected chi connectivity index (χ3v) is 4.14. The van der Waals surface area contributed by atoms with Gasteiger partial charge >= 0.3 is 0 Å². The average Bonchev–Trinajstić information content (AvgIpc) is 2.41. The van der Waals surface area contributed by atoms with Crippen LogP contribution in [0.25, 0.3) is 0 Å². The number of hydrogen-bond donors (Lipinski definition) is 1. The lowest BCUT2D eigenvalue weighted by Gasteiger charge is -2.29. The zero-order chi connectivity index (χ0) is 13.8. The molecule has 2 atom stereocenters. The number of rotatable bonds is 3. The lowest BCUT2D eigenvalue weighted by molar-refractivity contribution is 0.0910. The molecule has 0 bridgehead atoms. The van der Waals surface area contributed by atoms with Crippen LogP contribution in [0.3, 0.4) is 0 Å². The number of carbonyl (C=O) groups excluding carboxylic acids is 1. The van der Waals surface area contributed by atoms with Crippen molar-refractivity contribution < 1.29 is 9.53 Å². The van der Waals surface area contributed by atoms with Crippen LogP contribution >= 0.6 is 11.6 Å². The molecule has 0 heterocycles. The standard InChI is InChI=1S/C15H20ClNO2/c1-10-5-3-4-6-13(10)17-15(18)11-7-8-14(19-2)12(16)9-11/h7-10,13H,3-6H2,1-2H3,(H,17,18). The van der Waals surface area contributed by atoms with E-state index in [-0.39, 0.29) is 11.9 Å². The summed E-state index contributed by atoms with van der Waals surface area (Å²) in [7, 11) is 1.56. The van der Waals surface area contributed by atoms with Crippen LogP contribution in [0.1, 0.15) is 43.0 Å². The molecule has 0 radical (unpaired) electrons. The minimum atomic E-state index is -0.0525. The van der Waals surface area contributed by atoms with Crippen LogP contribution in [-0.2, 0) is 0 Å². The molecule has 0 aromatic heterocycles. The fourth-order valence-electron chi connectivity index (χ4n) is 2.59. The first kappa shape index (κ1) is 14.2. The molecule has 1 fully saturated rings. The monoisotopic (exact) mass is 281 g/mol. The number of nitrogens with one attached hydrogen (secondary N) is 1. The largest absolute Gasteiger partial charge is 0.495 e. The maximum absolute atomic E-state index is 12.2. The fraction of sp³-hybridized carbons (Fsp3) is 0.533. The van der Waals surface area contributed by atoms with Gasteiger partial charge in [0, 0.05) is 11.6 Å². The first-order valence-electron chi connectivity index (χ1n) is 6.76. The summed E-state index contributed by atoms with van der Waals surface area (Å²) in [5, 5.41) is 3.58. The number of carbonyl (C=O) groups is 1. The molecule has 1 N–H and O–H groups in total. The highest BCUT2D eigenvalue weighted by atomic mass is 35.5. The van der Waals surface area contributed by atoms with E-state index in [4.69, 9.17) is 16.3 Å². The van der Waals surface area contributed by atoms with Gasteiger partial charge in [0.1, 0.15) is 5.75 Å². The van der Waals surface area contributed by atoms with E-state index in [1.807, 2.05) is 0 Å². The lowest BCUT2D eigenvalue weighted by atomic mass is 9.86. The molecule has 1 aliphatic carbocycles. The normalized spacial score (nSPS) is 22.9. The second-order valence-corrected chi connectivity index (χ2v) is 5.60. The molecule has 2 unspecified atom stereocenters. The van der Waals surface area contributed by atoms with E-state index in [0.29, 0.717) is 22.3 Å². The maximum Gasteiger partial charge on any atom is 0.251 e. The number of hydrogen-bond acceptors (Lipinski definition) is 2. The van der Waals surface area contributed by atoms with Crippen LogP contribution in [0.4, 0.5) is 0 Å². The molecular weight excluding hydrogens is 262 g/mol. The minimum absolute atomic E-state index is 0.0525. The Bertz CT molecular complexity index is 461. The summed E-state index contributed by atoms with van der Waals surface area (Å²) < 4.78 is 5.08. The average molecular weight is 282 g/mol. The summed E-state index contributed by atoms with van der Waals surface area (Å²) in [5.41, 5.74) is 0.587. The highest BCUT2D eigenvalue weighted by Crippen LogP contribution is 2.26. The van der Waals surface area contributed by atoms with E-state index in [2.05, 4.69) is 12.2 Å². The zero-order valence-corrected chi connectivity index (χ0v) is 12.2. The summed E-state index contributed by atoms with van der Waals surface area (Å²) in [6.45, 7) is 2.20. The Labute approximate surface area is 119 Å². The van der Waals surface area contributed by atoms with E-state index in [9.17, 15) is 4.79 Å². The van der Waals surface area contributed by atoms with Gasteiger partial charge < -0.3 is 10.1 Å². The highest BCUT2D eigenvalue weighted by Gasteiger charge is 2.23. The van der Waals surface area contributed by atoms with Crippen molar-refractivity contribution in [2.24, 2.45) is 5.92 Å². The second-order valence-electron chi connectivity index (χ2n) is 5.19. The Hall–Kier alpha value is -1.22. The molecule has 1 aliphatic rings. The maximum atomic E-state index is 12.2. The van der Waals surface area contributed by atoms with Gasteiger partial charge in [-0.05, 0) is 37.0 Å². The summed E-state index contributed by atoms with van der Waals surface area (Å²) in [6.07, 6.45) is 4.71. The van der Waals surface area contributed by atoms with Crippen LogP contribution in [0, 0.1) is 5.92 Å². The van der Waals surface area contributed by atoms with Gasteiger partial charge in [-0.25, -0.2) is 0 Å². The molecular formula is C15H20ClNO2. The molecule has 0 saturated heterocycles. The summed E-state index contributed by atoms with van der Waals surface area (Å²) >= 11 is 6.04. The predicted molar refractivity (Wildman–Crippen MR) is 76.9 cm³/mol. The summed E-state index contributed by atoms with van der Waals surface area (Å²) in [6, 6.07) is 5.40. The molecule has 19 heavy (non-hydrogen) atoms. The van der Waals surface area contributed by atoms with E-state index in [1.54, 1.807) is 25.3 Å². The van der Waals surface area contributed by atoms with Crippen molar-refractivity contribution in [3.8, 4) is 5.75 Å². The number of methoxy groups -OCH3 is 1. The summed E-state index contributed by atoms with van der Waals surface area (Å²) in [4.78, 5) is 12.2. The molecule has 0 aliphatic heterocycles. The van der Waals surface area contributed by atoms with Crippen LogP contribution in [0.2, 0.25) is 5.02 Å². The van der Waals surface area contributed by atoms with Crippen molar-refractivity contribution in [2.75, 3.05) is 7.11 Å². The topological polar surface area (TPSA) is 38.3 Å². The summed E-state index contributed by atoms with van der Waals surface area (Å²) in [5.74, 6) is 1.08.